The molecule has 3 aromatic carbocycles. The van der Waals surface area contributed by atoms with E-state index in [0.29, 0.717) is 5.69 Å². The van der Waals surface area contributed by atoms with Gasteiger partial charge in [0.15, 0.2) is 0 Å². The average Bonchev–Trinajstić information content (AvgIpc) is 2.69. The molecule has 0 bridgehead atoms. The van der Waals surface area contributed by atoms with Gasteiger partial charge in [0.05, 0.1) is 4.92 Å². The molecule has 4 rings (SSSR count). The van der Waals surface area contributed by atoms with Crippen LogP contribution in [0.25, 0.3) is 10.8 Å². The number of fused-ring (bicyclic) bond motifs is 2. The Labute approximate surface area is 172 Å². The minimum Gasteiger partial charge on any atom is -0.339 e. The van der Waals surface area contributed by atoms with Gasteiger partial charge in [-0.1, -0.05) is 58.0 Å². The molecule has 150 valence electrons. The first-order chi connectivity index (χ1) is 13.6. The Bertz CT molecular complexity index is 1120. The molecular formula is C25H28N2O2. The van der Waals surface area contributed by atoms with Crippen molar-refractivity contribution >= 4 is 27.8 Å². The zero-order chi connectivity index (χ0) is 21.0. The minimum absolute atomic E-state index is 0.00104. The topological polar surface area (TPSA) is 46.4 Å². The number of hydrogen-bond acceptors (Lipinski definition) is 3. The first-order valence-corrected chi connectivity index (χ1v) is 10.2. The van der Waals surface area contributed by atoms with E-state index in [-0.39, 0.29) is 21.4 Å². The lowest BCUT2D eigenvalue weighted by Crippen LogP contribution is -2.34. The van der Waals surface area contributed by atoms with Gasteiger partial charge in [0.1, 0.15) is 5.69 Å². The van der Waals surface area contributed by atoms with E-state index in [9.17, 15) is 10.1 Å². The molecule has 29 heavy (non-hydrogen) atoms. The molecular weight excluding hydrogens is 360 g/mol. The third-order valence-corrected chi connectivity index (χ3v) is 6.63. The molecule has 4 nitrogen and oxygen atoms in total. The summed E-state index contributed by atoms with van der Waals surface area (Å²) < 4.78 is 0. The summed E-state index contributed by atoms with van der Waals surface area (Å²) in [5.41, 5.74) is 4.03. The zero-order valence-electron chi connectivity index (χ0n) is 17.8. The van der Waals surface area contributed by atoms with E-state index in [4.69, 9.17) is 0 Å². The molecule has 1 aliphatic carbocycles. The van der Waals surface area contributed by atoms with Crippen LogP contribution in [-0.2, 0) is 10.8 Å². The Morgan fingerprint density at radius 3 is 2.07 bits per heavy atom. The van der Waals surface area contributed by atoms with E-state index >= 15 is 0 Å². The molecule has 0 unspecified atom stereocenters. The van der Waals surface area contributed by atoms with Gasteiger partial charge in [0.25, 0.3) is 5.69 Å². The van der Waals surface area contributed by atoms with Crippen molar-refractivity contribution in [2.24, 2.45) is 0 Å². The van der Waals surface area contributed by atoms with Crippen molar-refractivity contribution in [3.8, 4) is 0 Å². The van der Waals surface area contributed by atoms with Gasteiger partial charge < -0.3 is 4.90 Å². The molecule has 0 aromatic heterocycles. The van der Waals surface area contributed by atoms with Crippen LogP contribution < -0.4 is 4.90 Å². The van der Waals surface area contributed by atoms with Crippen LogP contribution in [0.15, 0.2) is 54.6 Å². The monoisotopic (exact) mass is 388 g/mol. The lowest BCUT2D eigenvalue weighted by Gasteiger charge is -2.42. The summed E-state index contributed by atoms with van der Waals surface area (Å²) in [4.78, 5) is 13.7. The second kappa shape index (κ2) is 6.58. The maximum Gasteiger partial charge on any atom is 0.293 e. The fourth-order valence-corrected chi connectivity index (χ4v) is 4.53. The van der Waals surface area contributed by atoms with Crippen molar-refractivity contribution in [2.45, 2.75) is 51.4 Å². The summed E-state index contributed by atoms with van der Waals surface area (Å²) >= 11 is 0. The van der Waals surface area contributed by atoms with Crippen molar-refractivity contribution in [3.05, 3.63) is 75.8 Å². The summed E-state index contributed by atoms with van der Waals surface area (Å²) in [5, 5.41) is 14.3. The van der Waals surface area contributed by atoms with Crippen LogP contribution in [0.5, 0.6) is 0 Å². The highest BCUT2D eigenvalue weighted by Gasteiger charge is 2.39. The molecule has 4 heteroatoms. The van der Waals surface area contributed by atoms with E-state index in [0.717, 1.165) is 34.9 Å². The largest absolute Gasteiger partial charge is 0.339 e. The third kappa shape index (κ3) is 3.27. The standard InChI is InChI=1S/C25H28N2O2/c1-24(2)12-13-25(3,4)21-16-23(27(28)29)22(15-20(21)24)26(5)19-11-10-17-8-6-7-9-18(17)14-19/h6-11,14-16H,12-13H2,1-5H3. The van der Waals surface area contributed by atoms with Crippen LogP contribution >= 0.6 is 0 Å². The Morgan fingerprint density at radius 1 is 0.862 bits per heavy atom. The maximum absolute atomic E-state index is 12.0. The van der Waals surface area contributed by atoms with Crippen LogP contribution in [0, 0.1) is 10.1 Å². The molecule has 0 atom stereocenters. The predicted molar refractivity (Wildman–Crippen MR) is 120 cm³/mol. The summed E-state index contributed by atoms with van der Waals surface area (Å²) in [6, 6.07) is 18.2. The molecule has 0 radical (unpaired) electrons. The SMILES string of the molecule is CN(c1ccc2ccccc2c1)c1cc2c(cc1[N+](=O)[O-])C(C)(C)CCC2(C)C. The Kier molecular flexibility index (Phi) is 4.41. The van der Waals surface area contributed by atoms with Crippen molar-refractivity contribution < 1.29 is 4.92 Å². The summed E-state index contributed by atoms with van der Waals surface area (Å²) in [6.45, 7) is 8.87. The minimum atomic E-state index is -0.245. The van der Waals surface area contributed by atoms with E-state index < -0.39 is 0 Å². The summed E-state index contributed by atoms with van der Waals surface area (Å²) in [5.74, 6) is 0. The fourth-order valence-electron chi connectivity index (χ4n) is 4.53. The van der Waals surface area contributed by atoms with Crippen molar-refractivity contribution in [2.75, 3.05) is 11.9 Å². The number of nitro groups is 1. The van der Waals surface area contributed by atoms with Gasteiger partial charge in [-0.05, 0) is 63.8 Å². The molecule has 0 heterocycles. The first kappa shape index (κ1) is 19.4. The maximum atomic E-state index is 12.0. The number of rotatable bonds is 3. The van der Waals surface area contributed by atoms with Gasteiger partial charge in [-0.2, -0.15) is 0 Å². The Morgan fingerprint density at radius 2 is 1.45 bits per heavy atom. The van der Waals surface area contributed by atoms with Gasteiger partial charge >= 0.3 is 0 Å². The molecule has 0 aliphatic heterocycles. The lowest BCUT2D eigenvalue weighted by atomic mass is 9.63. The fraction of sp³-hybridized carbons (Fsp3) is 0.360. The molecule has 0 saturated carbocycles. The number of hydrogen-bond donors (Lipinski definition) is 0. The lowest BCUT2D eigenvalue weighted by molar-refractivity contribution is -0.384. The predicted octanol–water partition coefficient (Wildman–Crippen LogP) is 6.86. The van der Waals surface area contributed by atoms with Gasteiger partial charge in [0, 0.05) is 18.8 Å². The second-order valence-electron chi connectivity index (χ2n) is 9.50. The van der Waals surface area contributed by atoms with Crippen LogP contribution in [0.4, 0.5) is 17.1 Å². The molecule has 0 fully saturated rings. The second-order valence-corrected chi connectivity index (χ2v) is 9.50. The Hall–Kier alpha value is -2.88. The summed E-state index contributed by atoms with van der Waals surface area (Å²) in [6.07, 6.45) is 2.11. The third-order valence-electron chi connectivity index (χ3n) is 6.63. The van der Waals surface area contributed by atoms with Crippen molar-refractivity contribution in [1.82, 2.24) is 0 Å². The molecule has 0 N–H and O–H groups in total. The van der Waals surface area contributed by atoms with Gasteiger partial charge in [0.2, 0.25) is 0 Å². The first-order valence-electron chi connectivity index (χ1n) is 10.2. The van der Waals surface area contributed by atoms with Crippen LogP contribution in [-0.4, -0.2) is 12.0 Å². The number of nitrogens with zero attached hydrogens (tertiary/aromatic N) is 2. The number of anilines is 2. The highest BCUT2D eigenvalue weighted by atomic mass is 16.6. The Balaban J connectivity index is 1.91. The molecule has 0 spiro atoms. The molecule has 1 aliphatic rings. The molecule has 0 amide bonds. The average molecular weight is 389 g/mol. The summed E-state index contributed by atoms with van der Waals surface area (Å²) in [7, 11) is 1.92. The van der Waals surface area contributed by atoms with Crippen molar-refractivity contribution in [3.63, 3.8) is 0 Å². The van der Waals surface area contributed by atoms with E-state index in [1.54, 1.807) is 0 Å². The molecule has 3 aromatic rings. The highest BCUT2D eigenvalue weighted by molar-refractivity contribution is 5.87. The number of nitro benzene ring substituents is 1. The van der Waals surface area contributed by atoms with Crippen LogP contribution in [0.3, 0.4) is 0 Å². The smallest absolute Gasteiger partial charge is 0.293 e. The quantitative estimate of drug-likeness (QED) is 0.363. The normalized spacial score (nSPS) is 17.0. The van der Waals surface area contributed by atoms with Crippen LogP contribution in [0.1, 0.15) is 51.7 Å². The number of benzene rings is 3. The highest BCUT2D eigenvalue weighted by Crippen LogP contribution is 2.49. The molecule has 0 saturated heterocycles. The van der Waals surface area contributed by atoms with E-state index in [2.05, 4.69) is 58.0 Å². The van der Waals surface area contributed by atoms with Gasteiger partial charge in [-0.15, -0.1) is 0 Å². The zero-order valence-corrected chi connectivity index (χ0v) is 17.8. The van der Waals surface area contributed by atoms with E-state index in [1.807, 2.05) is 36.2 Å². The van der Waals surface area contributed by atoms with E-state index in [1.165, 1.54) is 5.56 Å². The van der Waals surface area contributed by atoms with Gasteiger partial charge in [-0.25, -0.2) is 0 Å². The van der Waals surface area contributed by atoms with Crippen molar-refractivity contribution in [1.29, 1.82) is 0 Å². The van der Waals surface area contributed by atoms with Crippen LogP contribution in [0.2, 0.25) is 0 Å². The van der Waals surface area contributed by atoms with Gasteiger partial charge in [-0.3, -0.25) is 10.1 Å².